The van der Waals surface area contributed by atoms with Crippen molar-refractivity contribution in [2.24, 2.45) is 5.92 Å². The Bertz CT molecular complexity index is 322. The molecule has 19 heavy (non-hydrogen) atoms. The van der Waals surface area contributed by atoms with E-state index >= 15 is 0 Å². The number of Topliss-reactive ketones (excluding diaryl/α,β-unsaturated/α-hetero) is 1. The van der Waals surface area contributed by atoms with Crippen molar-refractivity contribution in [2.75, 3.05) is 13.2 Å². The molecule has 0 radical (unpaired) electrons. The molecule has 2 heterocycles. The molecule has 2 aliphatic rings. The zero-order chi connectivity index (χ0) is 13.8. The van der Waals surface area contributed by atoms with Gasteiger partial charge in [-0.15, -0.1) is 0 Å². The minimum atomic E-state index is -0.690. The second-order valence-corrected chi connectivity index (χ2v) is 7.32. The van der Waals surface area contributed by atoms with Crippen LogP contribution in [0.2, 0.25) is 0 Å². The van der Waals surface area contributed by atoms with E-state index in [1.54, 1.807) is 0 Å². The van der Waals surface area contributed by atoms with Crippen LogP contribution in [0.15, 0.2) is 0 Å². The topological polar surface area (TPSA) is 52.6 Å². The van der Waals surface area contributed by atoms with Crippen LogP contribution in [0.1, 0.15) is 46.0 Å². The van der Waals surface area contributed by atoms with Gasteiger partial charge in [0.25, 0.3) is 0 Å². The van der Waals surface area contributed by atoms with Crippen LogP contribution in [-0.2, 0) is 25.1 Å². The van der Waals surface area contributed by atoms with Gasteiger partial charge >= 0.3 is 0 Å². The average Bonchev–Trinajstić information content (AvgIpc) is 2.62. The maximum Gasteiger partial charge on any atom is 0.164 e. The van der Waals surface area contributed by atoms with Crippen LogP contribution in [0.5, 0.6) is 0 Å². The number of carbonyl (C=O) groups is 1. The first-order valence-corrected chi connectivity index (χ1v) is 8.58. The standard InChI is InChI=1S/C14H24O4S/c1-3-17-14(18-4-2)9-13(15)10-7-11-5-6-12(8-10)19(11)16/h10-12,14H,3-9H2,1-2H3. The second kappa shape index (κ2) is 6.95. The first-order chi connectivity index (χ1) is 9.15. The molecule has 2 bridgehead atoms. The molecule has 0 aromatic heterocycles. The van der Waals surface area contributed by atoms with Gasteiger partial charge in [-0.2, -0.15) is 0 Å². The SMILES string of the molecule is CCOC(CC(=O)C1CC2CCC(C1)S2=O)OCC. The molecule has 2 fully saturated rings. The van der Waals surface area contributed by atoms with Crippen molar-refractivity contribution in [3.8, 4) is 0 Å². The van der Waals surface area contributed by atoms with Crippen molar-refractivity contribution in [2.45, 2.75) is 62.7 Å². The predicted octanol–water partition coefficient (Wildman–Crippen LogP) is 2.03. The molecular formula is C14H24O4S. The Morgan fingerprint density at radius 1 is 1.16 bits per heavy atom. The van der Waals surface area contributed by atoms with Gasteiger partial charge in [-0.05, 0) is 39.5 Å². The van der Waals surface area contributed by atoms with Crippen LogP contribution in [0.3, 0.4) is 0 Å². The Morgan fingerprint density at radius 3 is 2.16 bits per heavy atom. The Balaban J connectivity index is 1.88. The predicted molar refractivity (Wildman–Crippen MR) is 74.3 cm³/mol. The van der Waals surface area contributed by atoms with E-state index in [-0.39, 0.29) is 22.2 Å². The highest BCUT2D eigenvalue weighted by molar-refractivity contribution is 7.86. The number of rotatable bonds is 7. The summed E-state index contributed by atoms with van der Waals surface area (Å²) in [5.74, 6) is 0.291. The fraction of sp³-hybridized carbons (Fsp3) is 0.929. The number of hydrogen-bond acceptors (Lipinski definition) is 4. The lowest BCUT2D eigenvalue weighted by Gasteiger charge is -2.27. The quantitative estimate of drug-likeness (QED) is 0.673. The summed E-state index contributed by atoms with van der Waals surface area (Å²) in [6, 6.07) is 0. The van der Waals surface area contributed by atoms with Crippen molar-refractivity contribution >= 4 is 16.6 Å². The summed E-state index contributed by atoms with van der Waals surface area (Å²) in [5, 5.41) is 0.510. The van der Waals surface area contributed by atoms with Gasteiger partial charge in [0, 0.05) is 40.4 Å². The third-order valence-electron chi connectivity index (χ3n) is 4.09. The van der Waals surface area contributed by atoms with Crippen LogP contribution in [0, 0.1) is 5.92 Å². The highest BCUT2D eigenvalue weighted by Crippen LogP contribution is 2.39. The van der Waals surface area contributed by atoms with E-state index in [1.807, 2.05) is 13.8 Å². The van der Waals surface area contributed by atoms with E-state index in [1.165, 1.54) is 0 Å². The normalized spacial score (nSPS) is 33.8. The fourth-order valence-corrected chi connectivity index (χ4v) is 5.29. The summed E-state index contributed by atoms with van der Waals surface area (Å²) in [6.07, 6.45) is 3.58. The maximum atomic E-state index is 12.3. The number of ketones is 1. The highest BCUT2D eigenvalue weighted by atomic mass is 32.2. The van der Waals surface area contributed by atoms with Crippen molar-refractivity contribution in [1.82, 2.24) is 0 Å². The third kappa shape index (κ3) is 3.64. The van der Waals surface area contributed by atoms with Gasteiger partial charge < -0.3 is 9.47 Å². The summed E-state index contributed by atoms with van der Waals surface area (Å²) >= 11 is 0. The van der Waals surface area contributed by atoms with Crippen LogP contribution in [0.4, 0.5) is 0 Å². The summed E-state index contributed by atoms with van der Waals surface area (Å²) in [7, 11) is -0.690. The minimum Gasteiger partial charge on any atom is -0.352 e. The average molecular weight is 288 g/mol. The molecular weight excluding hydrogens is 264 g/mol. The maximum absolute atomic E-state index is 12.3. The molecule has 5 heteroatoms. The molecule has 0 spiro atoms. The lowest BCUT2D eigenvalue weighted by Crippen LogP contribution is -2.34. The van der Waals surface area contributed by atoms with Crippen LogP contribution >= 0.6 is 0 Å². The summed E-state index contributed by atoms with van der Waals surface area (Å²) in [5.41, 5.74) is 0. The number of carbonyl (C=O) groups excluding carboxylic acids is 1. The third-order valence-corrected chi connectivity index (χ3v) is 6.26. The molecule has 0 aromatic rings. The summed E-state index contributed by atoms with van der Waals surface area (Å²) in [4.78, 5) is 12.3. The van der Waals surface area contributed by atoms with Gasteiger partial charge in [0.2, 0.25) is 0 Å². The zero-order valence-corrected chi connectivity index (χ0v) is 12.6. The molecule has 4 nitrogen and oxygen atoms in total. The number of ether oxygens (including phenoxy) is 2. The van der Waals surface area contributed by atoms with Crippen LogP contribution < -0.4 is 0 Å². The van der Waals surface area contributed by atoms with Gasteiger partial charge in [0.1, 0.15) is 5.78 Å². The molecule has 2 atom stereocenters. The lowest BCUT2D eigenvalue weighted by molar-refractivity contribution is -0.154. The van der Waals surface area contributed by atoms with E-state index in [0.717, 1.165) is 25.7 Å². The lowest BCUT2D eigenvalue weighted by atomic mass is 9.92. The monoisotopic (exact) mass is 288 g/mol. The van der Waals surface area contributed by atoms with E-state index in [2.05, 4.69) is 0 Å². The smallest absolute Gasteiger partial charge is 0.164 e. The van der Waals surface area contributed by atoms with Gasteiger partial charge in [-0.1, -0.05) is 0 Å². The molecule has 2 rings (SSSR count). The Morgan fingerprint density at radius 2 is 1.68 bits per heavy atom. The Hall–Kier alpha value is -0.260. The van der Waals surface area contributed by atoms with Crippen molar-refractivity contribution < 1.29 is 18.5 Å². The minimum absolute atomic E-state index is 0.0682. The Labute approximate surface area is 117 Å². The first-order valence-electron chi connectivity index (χ1n) is 7.31. The van der Waals surface area contributed by atoms with Gasteiger partial charge in [0.15, 0.2) is 6.29 Å². The summed E-state index contributed by atoms with van der Waals surface area (Å²) < 4.78 is 22.8. The van der Waals surface area contributed by atoms with E-state index in [4.69, 9.17) is 9.47 Å². The van der Waals surface area contributed by atoms with Gasteiger partial charge in [-0.25, -0.2) is 0 Å². The van der Waals surface area contributed by atoms with Crippen LogP contribution in [-0.4, -0.2) is 40.0 Å². The van der Waals surface area contributed by atoms with Crippen LogP contribution in [0.25, 0.3) is 0 Å². The molecule has 0 aliphatic carbocycles. The van der Waals surface area contributed by atoms with E-state index in [0.29, 0.717) is 19.6 Å². The molecule has 0 saturated carbocycles. The molecule has 2 unspecified atom stereocenters. The van der Waals surface area contributed by atoms with E-state index in [9.17, 15) is 9.00 Å². The van der Waals surface area contributed by atoms with Gasteiger partial charge in [0.05, 0.1) is 6.42 Å². The Kier molecular flexibility index (Phi) is 5.54. The van der Waals surface area contributed by atoms with Crippen molar-refractivity contribution in [3.63, 3.8) is 0 Å². The van der Waals surface area contributed by atoms with E-state index < -0.39 is 17.1 Å². The fourth-order valence-electron chi connectivity index (χ4n) is 3.16. The molecule has 2 saturated heterocycles. The zero-order valence-electron chi connectivity index (χ0n) is 11.8. The number of hydrogen-bond donors (Lipinski definition) is 0. The molecule has 2 aliphatic heterocycles. The van der Waals surface area contributed by atoms with Crippen molar-refractivity contribution in [3.05, 3.63) is 0 Å². The highest BCUT2D eigenvalue weighted by Gasteiger charge is 2.42. The molecule has 0 N–H and O–H groups in total. The van der Waals surface area contributed by atoms with Crippen molar-refractivity contribution in [1.29, 1.82) is 0 Å². The number of fused-ring (bicyclic) bond motifs is 2. The largest absolute Gasteiger partial charge is 0.352 e. The molecule has 0 aromatic carbocycles. The second-order valence-electron chi connectivity index (χ2n) is 5.33. The first kappa shape index (κ1) is 15.1. The molecule has 0 amide bonds. The summed E-state index contributed by atoms with van der Waals surface area (Å²) in [6.45, 7) is 4.91. The molecule has 110 valence electrons. The van der Waals surface area contributed by atoms with Gasteiger partial charge in [-0.3, -0.25) is 9.00 Å².